The molecule has 0 heterocycles. The van der Waals surface area contributed by atoms with Gasteiger partial charge in [-0.1, -0.05) is 30.3 Å². The topological polar surface area (TPSA) is 74.6 Å². The van der Waals surface area contributed by atoms with E-state index >= 15 is 0 Å². The van der Waals surface area contributed by atoms with Crippen LogP contribution in [0, 0.1) is 0 Å². The van der Waals surface area contributed by atoms with Crippen LogP contribution in [0.1, 0.15) is 5.56 Å². The third kappa shape index (κ3) is 9.61. The number of benzene rings is 1. The van der Waals surface area contributed by atoms with Crippen LogP contribution >= 0.6 is 37.2 Å². The predicted octanol–water partition coefficient (Wildman–Crippen LogP) is 1.16. The van der Waals surface area contributed by atoms with E-state index in [1.807, 2.05) is 30.3 Å². The van der Waals surface area contributed by atoms with E-state index in [2.05, 4.69) is 0 Å². The van der Waals surface area contributed by atoms with Crippen LogP contribution in [0.5, 0.6) is 0 Å². The van der Waals surface area contributed by atoms with Crippen LogP contribution in [0.15, 0.2) is 30.3 Å². The molecule has 1 amide bonds. The summed E-state index contributed by atoms with van der Waals surface area (Å²) < 4.78 is 0. The van der Waals surface area contributed by atoms with E-state index < -0.39 is 0 Å². The van der Waals surface area contributed by atoms with Gasteiger partial charge in [0.2, 0.25) is 5.91 Å². The Balaban J connectivity index is -0.000000125. The van der Waals surface area contributed by atoms with E-state index in [0.29, 0.717) is 6.42 Å². The molecule has 0 atom stereocenters. The molecule has 1 aromatic rings. The Hall–Kier alpha value is -0.480. The fourth-order valence-electron chi connectivity index (χ4n) is 0.797. The molecule has 0 fully saturated rings. The summed E-state index contributed by atoms with van der Waals surface area (Å²) in [5.41, 5.74) is 5.95. The minimum absolute atomic E-state index is 0. The van der Waals surface area contributed by atoms with Gasteiger partial charge in [0.1, 0.15) is 0 Å². The summed E-state index contributed by atoms with van der Waals surface area (Å²) in [5, 5.41) is 0. The van der Waals surface area contributed by atoms with E-state index in [0.717, 1.165) is 5.56 Å². The van der Waals surface area contributed by atoms with Gasteiger partial charge >= 0.3 is 0 Å². The first-order chi connectivity index (χ1) is 4.79. The largest absolute Gasteiger partial charge is 0.412 e. The molecule has 84 valence electrons. The zero-order valence-electron chi connectivity index (χ0n) is 7.30. The maximum atomic E-state index is 10.4. The van der Waals surface area contributed by atoms with Crippen molar-refractivity contribution < 1.29 is 10.3 Å². The molecule has 0 saturated carbocycles. The van der Waals surface area contributed by atoms with Crippen molar-refractivity contribution >= 4 is 43.1 Å². The van der Waals surface area contributed by atoms with Crippen LogP contribution in [0.2, 0.25) is 0 Å². The molecule has 6 heteroatoms. The molecule has 4 N–H and O–H groups in total. The van der Waals surface area contributed by atoms with Crippen LogP contribution in [0.3, 0.4) is 0 Å². The Morgan fingerprint density at radius 1 is 1.07 bits per heavy atom. The Kier molecular flexibility index (Phi) is 20.9. The molecule has 0 aliphatic heterocycles. The van der Waals surface area contributed by atoms with Crippen molar-refractivity contribution in [3.05, 3.63) is 35.9 Å². The highest BCUT2D eigenvalue weighted by molar-refractivity contribution is 5.86. The van der Waals surface area contributed by atoms with Crippen LogP contribution in [0.4, 0.5) is 0 Å². The molecule has 0 aromatic heterocycles. The van der Waals surface area contributed by atoms with Crippen LogP contribution in [-0.2, 0) is 11.2 Å². The molecule has 3 nitrogen and oxygen atoms in total. The van der Waals surface area contributed by atoms with Crippen LogP contribution in [-0.4, -0.2) is 11.4 Å². The van der Waals surface area contributed by atoms with Gasteiger partial charge in [-0.05, 0) is 5.56 Å². The summed E-state index contributed by atoms with van der Waals surface area (Å²) in [6.45, 7) is 0. The number of primary amides is 1. The van der Waals surface area contributed by atoms with Gasteiger partial charge in [0.15, 0.2) is 0 Å². The lowest BCUT2D eigenvalue weighted by molar-refractivity contribution is -0.117. The maximum Gasteiger partial charge on any atom is 0.221 e. The molecule has 0 saturated heterocycles. The maximum absolute atomic E-state index is 10.4. The Labute approximate surface area is 102 Å². The van der Waals surface area contributed by atoms with Gasteiger partial charge in [-0.15, -0.1) is 37.2 Å². The smallest absolute Gasteiger partial charge is 0.221 e. The number of hydrogen-bond donors (Lipinski definition) is 1. The number of carbonyl (C=O) groups excluding carboxylic acids is 1. The summed E-state index contributed by atoms with van der Waals surface area (Å²) in [4.78, 5) is 10.4. The summed E-state index contributed by atoms with van der Waals surface area (Å²) in [6, 6.07) is 9.44. The molecule has 1 rings (SSSR count). The van der Waals surface area contributed by atoms with E-state index in [1.165, 1.54) is 0 Å². The van der Waals surface area contributed by atoms with E-state index in [1.54, 1.807) is 0 Å². The Morgan fingerprint density at radius 2 is 1.50 bits per heavy atom. The molecule has 0 spiro atoms. The molecule has 0 bridgehead atoms. The summed E-state index contributed by atoms with van der Waals surface area (Å²) in [6.07, 6.45) is 0.334. The second-order valence-corrected chi connectivity index (χ2v) is 2.13. The van der Waals surface area contributed by atoms with E-state index in [-0.39, 0.29) is 48.6 Å². The average Bonchev–Trinajstić information content (AvgIpc) is 1.88. The quantitative estimate of drug-likeness (QED) is 0.853. The fraction of sp³-hybridized carbons (Fsp3) is 0.125. The van der Waals surface area contributed by atoms with Crippen molar-refractivity contribution in [3.63, 3.8) is 0 Å². The molecule has 0 aliphatic rings. The molecule has 0 radical (unpaired) electrons. The first kappa shape index (κ1) is 23.4. The molecular weight excluding hydrogens is 248 g/mol. The lowest BCUT2D eigenvalue weighted by Crippen LogP contribution is -2.13. The summed E-state index contributed by atoms with van der Waals surface area (Å²) >= 11 is 0. The zero-order valence-corrected chi connectivity index (χ0v) is 9.75. The summed E-state index contributed by atoms with van der Waals surface area (Å²) in [5.74, 6) is -0.286. The molecule has 0 unspecified atom stereocenters. The van der Waals surface area contributed by atoms with E-state index in [4.69, 9.17) is 5.73 Å². The lowest BCUT2D eigenvalue weighted by Gasteiger charge is -1.93. The Bertz CT molecular complexity index is 231. The first-order valence-electron chi connectivity index (χ1n) is 3.11. The lowest BCUT2D eigenvalue weighted by atomic mass is 10.1. The van der Waals surface area contributed by atoms with Crippen molar-refractivity contribution in [1.29, 1.82) is 0 Å². The minimum Gasteiger partial charge on any atom is -0.412 e. The normalized spacial score (nSPS) is 6.57. The summed E-state index contributed by atoms with van der Waals surface area (Å²) in [7, 11) is 0. The monoisotopic (exact) mass is 261 g/mol. The van der Waals surface area contributed by atoms with Gasteiger partial charge in [-0.3, -0.25) is 4.79 Å². The van der Waals surface area contributed by atoms with Crippen molar-refractivity contribution in [2.75, 3.05) is 0 Å². The van der Waals surface area contributed by atoms with E-state index in [9.17, 15) is 4.79 Å². The van der Waals surface area contributed by atoms with Gasteiger partial charge in [-0.25, -0.2) is 0 Å². The van der Waals surface area contributed by atoms with Crippen molar-refractivity contribution in [1.82, 2.24) is 0 Å². The molecule has 1 aromatic carbocycles. The second-order valence-electron chi connectivity index (χ2n) is 2.13. The highest BCUT2D eigenvalue weighted by atomic mass is 35.5. The van der Waals surface area contributed by atoms with Gasteiger partial charge in [0.05, 0.1) is 6.42 Å². The number of amides is 1. The Morgan fingerprint density at radius 3 is 1.86 bits per heavy atom. The second kappa shape index (κ2) is 12.5. The number of carbonyl (C=O) groups is 1. The molecular formula is C8H14Cl3NO2. The molecule has 0 aliphatic carbocycles. The van der Waals surface area contributed by atoms with Crippen LogP contribution < -0.4 is 5.73 Å². The number of rotatable bonds is 2. The van der Waals surface area contributed by atoms with Gasteiger partial charge in [-0.2, -0.15) is 0 Å². The SMILES string of the molecule is Cl.Cl.Cl.NC(=O)Cc1ccccc1.O. The average molecular weight is 263 g/mol. The molecule has 14 heavy (non-hydrogen) atoms. The highest BCUT2D eigenvalue weighted by Gasteiger charge is 1.94. The fourth-order valence-corrected chi connectivity index (χ4v) is 0.797. The van der Waals surface area contributed by atoms with Gasteiger partial charge in [0, 0.05) is 0 Å². The van der Waals surface area contributed by atoms with Crippen molar-refractivity contribution in [2.24, 2.45) is 5.73 Å². The van der Waals surface area contributed by atoms with Gasteiger partial charge < -0.3 is 11.2 Å². The first-order valence-corrected chi connectivity index (χ1v) is 3.11. The third-order valence-electron chi connectivity index (χ3n) is 1.22. The zero-order chi connectivity index (χ0) is 7.40. The number of nitrogens with two attached hydrogens (primary N) is 1. The standard InChI is InChI=1S/C8H9NO.3ClH.H2O/c9-8(10)6-7-4-2-1-3-5-7;;;;/h1-5H,6H2,(H2,9,10);3*1H;1H2. The third-order valence-corrected chi connectivity index (χ3v) is 1.22. The van der Waals surface area contributed by atoms with Crippen molar-refractivity contribution in [3.8, 4) is 0 Å². The number of halogens is 3. The van der Waals surface area contributed by atoms with Crippen LogP contribution in [0.25, 0.3) is 0 Å². The van der Waals surface area contributed by atoms with Gasteiger partial charge in [0.25, 0.3) is 0 Å². The predicted molar refractivity (Wildman–Crippen MR) is 64.7 cm³/mol. The number of hydrogen-bond acceptors (Lipinski definition) is 1. The highest BCUT2D eigenvalue weighted by Crippen LogP contribution is 1.97. The van der Waals surface area contributed by atoms with Crippen molar-refractivity contribution in [2.45, 2.75) is 6.42 Å². The minimum atomic E-state index is -0.286.